The zero-order valence-corrected chi connectivity index (χ0v) is 7.98. The predicted octanol–water partition coefficient (Wildman–Crippen LogP) is 0.151. The molecule has 74 valence electrons. The lowest BCUT2D eigenvalue weighted by Gasteiger charge is -2.01. The minimum atomic E-state index is 0.306. The highest BCUT2D eigenvalue weighted by Crippen LogP contribution is 2.02. The van der Waals surface area contributed by atoms with Crippen molar-refractivity contribution in [2.75, 3.05) is 13.2 Å². The second-order valence-electron chi connectivity index (χ2n) is 3.16. The summed E-state index contributed by atoms with van der Waals surface area (Å²) in [4.78, 5) is 0. The van der Waals surface area contributed by atoms with Crippen LogP contribution in [-0.2, 0) is 7.05 Å². The summed E-state index contributed by atoms with van der Waals surface area (Å²) in [6.07, 6.45) is 6.02. The second-order valence-corrected chi connectivity index (χ2v) is 3.16. The van der Waals surface area contributed by atoms with Gasteiger partial charge in [-0.2, -0.15) is 5.10 Å². The lowest BCUT2D eigenvalue weighted by atomic mass is 10.2. The normalized spacial score (nSPS) is 20.9. The van der Waals surface area contributed by atoms with Gasteiger partial charge in [-0.25, -0.2) is 0 Å². The Balaban J connectivity index is 0.000000132. The fourth-order valence-corrected chi connectivity index (χ4v) is 1.26. The number of rotatable bonds is 1. The average Bonchev–Trinajstić information content (AvgIpc) is 2.76. The molecule has 2 N–H and O–H groups in total. The third-order valence-electron chi connectivity index (χ3n) is 2.02. The van der Waals surface area contributed by atoms with Crippen molar-refractivity contribution in [2.24, 2.45) is 7.05 Å². The van der Waals surface area contributed by atoms with Crippen LogP contribution in [0.4, 0.5) is 0 Å². The van der Waals surface area contributed by atoms with Gasteiger partial charge in [0.1, 0.15) is 0 Å². The van der Waals surface area contributed by atoms with Crippen LogP contribution in [0, 0.1) is 0 Å². The third kappa shape index (κ3) is 4.05. The summed E-state index contributed by atoms with van der Waals surface area (Å²) in [7, 11) is 1.89. The maximum atomic E-state index is 8.50. The van der Waals surface area contributed by atoms with E-state index in [0.717, 1.165) is 13.0 Å². The van der Waals surface area contributed by atoms with E-state index in [4.69, 9.17) is 5.11 Å². The molecule has 0 saturated carbocycles. The van der Waals surface area contributed by atoms with Crippen LogP contribution in [0.3, 0.4) is 0 Å². The van der Waals surface area contributed by atoms with Crippen LogP contribution in [0.5, 0.6) is 0 Å². The van der Waals surface area contributed by atoms with Crippen molar-refractivity contribution in [3.8, 4) is 0 Å². The number of aromatic nitrogens is 2. The SMILES string of the molecule is Cn1cccn1.OCC1CCCN1. The molecule has 0 bridgehead atoms. The summed E-state index contributed by atoms with van der Waals surface area (Å²) in [6, 6.07) is 2.29. The minimum absolute atomic E-state index is 0.306. The van der Waals surface area contributed by atoms with Crippen molar-refractivity contribution in [3.05, 3.63) is 18.5 Å². The van der Waals surface area contributed by atoms with E-state index in [1.54, 1.807) is 10.9 Å². The molecule has 4 heteroatoms. The first kappa shape index (κ1) is 10.2. The van der Waals surface area contributed by atoms with E-state index in [1.165, 1.54) is 6.42 Å². The highest BCUT2D eigenvalue weighted by Gasteiger charge is 2.10. The molecule has 0 amide bonds. The van der Waals surface area contributed by atoms with Gasteiger partial charge in [0, 0.05) is 25.5 Å². The van der Waals surface area contributed by atoms with Gasteiger partial charge in [0.25, 0.3) is 0 Å². The standard InChI is InChI=1S/C5H11NO.C4H6N2/c7-4-5-2-1-3-6-5;1-6-4-2-3-5-6/h5-7H,1-4H2;2-4H,1H3. The van der Waals surface area contributed by atoms with Gasteiger partial charge in [-0.05, 0) is 25.5 Å². The molecule has 1 saturated heterocycles. The Morgan fingerprint density at radius 3 is 2.77 bits per heavy atom. The Kier molecular flexibility index (Phi) is 4.49. The quantitative estimate of drug-likeness (QED) is 0.651. The Bertz CT molecular complexity index is 205. The monoisotopic (exact) mass is 183 g/mol. The van der Waals surface area contributed by atoms with Crippen molar-refractivity contribution < 1.29 is 5.11 Å². The Morgan fingerprint density at radius 1 is 1.69 bits per heavy atom. The molecular weight excluding hydrogens is 166 g/mol. The lowest BCUT2D eigenvalue weighted by Crippen LogP contribution is -2.24. The van der Waals surface area contributed by atoms with Gasteiger partial charge in [0.2, 0.25) is 0 Å². The zero-order chi connectivity index (χ0) is 9.52. The minimum Gasteiger partial charge on any atom is -0.395 e. The molecule has 4 nitrogen and oxygen atoms in total. The first-order valence-corrected chi connectivity index (χ1v) is 4.61. The predicted molar refractivity (Wildman–Crippen MR) is 51.3 cm³/mol. The molecule has 1 aromatic heterocycles. The number of hydrogen-bond donors (Lipinski definition) is 2. The van der Waals surface area contributed by atoms with E-state index in [-0.39, 0.29) is 0 Å². The maximum absolute atomic E-state index is 8.50. The summed E-state index contributed by atoms with van der Waals surface area (Å²) >= 11 is 0. The van der Waals surface area contributed by atoms with E-state index < -0.39 is 0 Å². The number of aliphatic hydroxyl groups excluding tert-OH is 1. The topological polar surface area (TPSA) is 50.1 Å². The van der Waals surface area contributed by atoms with Crippen molar-refractivity contribution in [2.45, 2.75) is 18.9 Å². The number of hydrogen-bond acceptors (Lipinski definition) is 3. The molecule has 1 fully saturated rings. The van der Waals surface area contributed by atoms with Crippen LogP contribution in [0.25, 0.3) is 0 Å². The van der Waals surface area contributed by atoms with Crippen LogP contribution in [-0.4, -0.2) is 34.1 Å². The van der Waals surface area contributed by atoms with Crippen molar-refractivity contribution in [1.29, 1.82) is 0 Å². The van der Waals surface area contributed by atoms with Crippen LogP contribution in [0.2, 0.25) is 0 Å². The highest BCUT2D eigenvalue weighted by molar-refractivity contribution is 4.75. The van der Waals surface area contributed by atoms with Gasteiger partial charge in [-0.15, -0.1) is 0 Å². The van der Waals surface area contributed by atoms with Gasteiger partial charge in [0.15, 0.2) is 0 Å². The summed E-state index contributed by atoms with van der Waals surface area (Å²) < 4.78 is 1.75. The first-order chi connectivity index (χ1) is 6.33. The highest BCUT2D eigenvalue weighted by atomic mass is 16.3. The van der Waals surface area contributed by atoms with Crippen molar-refractivity contribution in [1.82, 2.24) is 15.1 Å². The molecule has 0 radical (unpaired) electrons. The number of nitrogens with zero attached hydrogens (tertiary/aromatic N) is 2. The summed E-state index contributed by atoms with van der Waals surface area (Å²) in [5, 5.41) is 15.5. The molecule has 0 aromatic carbocycles. The number of nitrogens with one attached hydrogen (secondary N) is 1. The molecule has 1 aliphatic heterocycles. The molecule has 2 rings (SSSR count). The number of aliphatic hydroxyl groups is 1. The van der Waals surface area contributed by atoms with Crippen LogP contribution < -0.4 is 5.32 Å². The summed E-state index contributed by atoms with van der Waals surface area (Å²) in [5.41, 5.74) is 0. The number of aryl methyl sites for hydroxylation is 1. The smallest absolute Gasteiger partial charge is 0.0584 e. The zero-order valence-electron chi connectivity index (χ0n) is 7.98. The van der Waals surface area contributed by atoms with Gasteiger partial charge in [-0.1, -0.05) is 0 Å². The van der Waals surface area contributed by atoms with Crippen molar-refractivity contribution >= 4 is 0 Å². The average molecular weight is 183 g/mol. The van der Waals surface area contributed by atoms with Crippen LogP contribution in [0.15, 0.2) is 18.5 Å². The van der Waals surface area contributed by atoms with Gasteiger partial charge >= 0.3 is 0 Å². The molecule has 1 atom stereocenters. The Labute approximate surface area is 78.6 Å². The summed E-state index contributed by atoms with van der Waals surface area (Å²) in [5.74, 6) is 0. The van der Waals surface area contributed by atoms with E-state index in [2.05, 4.69) is 10.4 Å². The third-order valence-corrected chi connectivity index (χ3v) is 2.02. The van der Waals surface area contributed by atoms with Crippen molar-refractivity contribution in [3.63, 3.8) is 0 Å². The fourth-order valence-electron chi connectivity index (χ4n) is 1.26. The van der Waals surface area contributed by atoms with E-state index in [9.17, 15) is 0 Å². The second kappa shape index (κ2) is 5.72. The van der Waals surface area contributed by atoms with Gasteiger partial charge in [-0.3, -0.25) is 4.68 Å². The largest absolute Gasteiger partial charge is 0.395 e. The molecule has 1 unspecified atom stereocenters. The van der Waals surface area contributed by atoms with Gasteiger partial charge < -0.3 is 10.4 Å². The first-order valence-electron chi connectivity index (χ1n) is 4.61. The molecule has 1 aliphatic rings. The molecule has 0 spiro atoms. The molecule has 2 heterocycles. The molecule has 0 aliphatic carbocycles. The van der Waals surface area contributed by atoms with Gasteiger partial charge in [0.05, 0.1) is 6.61 Å². The fraction of sp³-hybridized carbons (Fsp3) is 0.667. The van der Waals surface area contributed by atoms with E-state index >= 15 is 0 Å². The molecular formula is C9H17N3O. The maximum Gasteiger partial charge on any atom is 0.0584 e. The van der Waals surface area contributed by atoms with E-state index in [1.807, 2.05) is 19.3 Å². The van der Waals surface area contributed by atoms with Crippen LogP contribution in [0.1, 0.15) is 12.8 Å². The Morgan fingerprint density at radius 2 is 2.54 bits per heavy atom. The van der Waals surface area contributed by atoms with Crippen LogP contribution >= 0.6 is 0 Å². The van der Waals surface area contributed by atoms with E-state index in [0.29, 0.717) is 12.6 Å². The lowest BCUT2D eigenvalue weighted by molar-refractivity contribution is 0.255. The molecule has 13 heavy (non-hydrogen) atoms. The summed E-state index contributed by atoms with van der Waals surface area (Å²) in [6.45, 7) is 1.39. The Hall–Kier alpha value is -0.870. The molecule has 1 aromatic rings.